The number of thioether (sulfide) groups is 1. The maximum absolute atomic E-state index is 14.3. The summed E-state index contributed by atoms with van der Waals surface area (Å²) in [7, 11) is 0. The number of carbonyl (C=O) groups is 3. The number of rotatable bonds is 14. The van der Waals surface area contributed by atoms with E-state index in [2.05, 4.69) is 33.9 Å². The van der Waals surface area contributed by atoms with Crippen LogP contribution in [0.15, 0.2) is 25.3 Å². The first-order valence-corrected chi connectivity index (χ1v) is 14.4. The van der Waals surface area contributed by atoms with E-state index in [-0.39, 0.29) is 35.1 Å². The van der Waals surface area contributed by atoms with Crippen molar-refractivity contribution < 1.29 is 19.5 Å². The van der Waals surface area contributed by atoms with Gasteiger partial charge in [-0.3, -0.25) is 14.4 Å². The van der Waals surface area contributed by atoms with Gasteiger partial charge >= 0.3 is 0 Å². The van der Waals surface area contributed by atoms with Gasteiger partial charge in [0, 0.05) is 43.6 Å². The number of hydrogen-bond donors (Lipinski definition) is 1. The lowest BCUT2D eigenvalue weighted by Gasteiger charge is -2.39. The summed E-state index contributed by atoms with van der Waals surface area (Å²) in [6, 6.07) is -0.612. The Labute approximate surface area is 221 Å². The van der Waals surface area contributed by atoms with Crippen LogP contribution in [-0.2, 0) is 14.4 Å². The number of carbonyl (C=O) groups excluding carboxylic acids is 3. The van der Waals surface area contributed by atoms with Gasteiger partial charge in [-0.15, -0.1) is 24.9 Å². The largest absolute Gasteiger partial charge is 0.396 e. The predicted octanol–water partition coefficient (Wildman–Crippen LogP) is 3.48. The first-order chi connectivity index (χ1) is 17.2. The molecular weight excluding hydrogens is 474 g/mol. The maximum Gasteiger partial charge on any atom is 0.247 e. The van der Waals surface area contributed by atoms with E-state index < -0.39 is 22.6 Å². The van der Waals surface area contributed by atoms with Gasteiger partial charge in [0.25, 0.3) is 0 Å². The first kappa shape index (κ1) is 28.8. The van der Waals surface area contributed by atoms with Crippen LogP contribution in [-0.4, -0.2) is 91.9 Å². The van der Waals surface area contributed by atoms with E-state index in [1.165, 1.54) is 0 Å². The van der Waals surface area contributed by atoms with Gasteiger partial charge in [0.1, 0.15) is 6.04 Å². The van der Waals surface area contributed by atoms with E-state index in [1.54, 1.807) is 28.8 Å². The van der Waals surface area contributed by atoms with Crippen molar-refractivity contribution >= 4 is 29.5 Å². The predicted molar refractivity (Wildman–Crippen MR) is 145 cm³/mol. The molecule has 3 unspecified atom stereocenters. The molecule has 1 spiro atoms. The molecule has 8 heteroatoms. The van der Waals surface area contributed by atoms with Crippen molar-refractivity contribution in [3.8, 4) is 0 Å². The average Bonchev–Trinajstić information content (AvgIpc) is 3.41. The Morgan fingerprint density at radius 2 is 1.89 bits per heavy atom. The Balaban J connectivity index is 2.07. The monoisotopic (exact) mass is 519 g/mol. The van der Waals surface area contributed by atoms with Crippen LogP contribution in [0.25, 0.3) is 0 Å². The second-order valence-electron chi connectivity index (χ2n) is 10.8. The highest BCUT2D eigenvalue weighted by Gasteiger charge is 2.77. The van der Waals surface area contributed by atoms with Gasteiger partial charge in [-0.2, -0.15) is 0 Å². The van der Waals surface area contributed by atoms with Gasteiger partial charge in [-0.25, -0.2) is 0 Å². The minimum Gasteiger partial charge on any atom is -0.396 e. The van der Waals surface area contributed by atoms with Gasteiger partial charge < -0.3 is 19.8 Å². The van der Waals surface area contributed by atoms with Crippen molar-refractivity contribution in [2.75, 3.05) is 32.8 Å². The zero-order valence-corrected chi connectivity index (χ0v) is 23.4. The molecule has 7 nitrogen and oxygen atoms in total. The minimum atomic E-state index is -0.635. The van der Waals surface area contributed by atoms with Crippen LogP contribution < -0.4 is 0 Å². The molecule has 0 saturated carbocycles. The smallest absolute Gasteiger partial charge is 0.247 e. The number of hydrogen-bond acceptors (Lipinski definition) is 5. The fraction of sp³-hybridized carbons (Fsp3) is 0.750. The molecular formula is C28H45N3O4S. The molecule has 3 fully saturated rings. The van der Waals surface area contributed by atoms with E-state index in [4.69, 9.17) is 0 Å². The topological polar surface area (TPSA) is 81.2 Å². The van der Waals surface area contributed by atoms with Crippen molar-refractivity contribution in [2.45, 2.75) is 87.8 Å². The van der Waals surface area contributed by atoms with E-state index in [9.17, 15) is 19.5 Å². The van der Waals surface area contributed by atoms with Gasteiger partial charge in [-0.1, -0.05) is 32.4 Å². The van der Waals surface area contributed by atoms with E-state index in [1.807, 2.05) is 16.7 Å². The Kier molecular flexibility index (Phi) is 9.36. The van der Waals surface area contributed by atoms with Crippen molar-refractivity contribution in [1.29, 1.82) is 0 Å². The van der Waals surface area contributed by atoms with Crippen LogP contribution in [0.2, 0.25) is 0 Å². The van der Waals surface area contributed by atoms with Crippen LogP contribution >= 0.6 is 11.8 Å². The van der Waals surface area contributed by atoms with Gasteiger partial charge in [0.05, 0.1) is 16.6 Å². The number of likely N-dealkylation sites (tertiary alicyclic amines) is 1. The Bertz CT molecular complexity index is 866. The van der Waals surface area contributed by atoms with Gasteiger partial charge in [0.2, 0.25) is 17.7 Å². The molecule has 3 aliphatic rings. The summed E-state index contributed by atoms with van der Waals surface area (Å²) in [5, 5.41) is 9.57. The third kappa shape index (κ3) is 4.75. The molecule has 0 aliphatic carbocycles. The molecule has 3 amide bonds. The molecule has 0 aromatic carbocycles. The first-order valence-electron chi connectivity index (χ1n) is 13.6. The van der Waals surface area contributed by atoms with Crippen LogP contribution in [0.1, 0.15) is 66.2 Å². The van der Waals surface area contributed by atoms with Crippen molar-refractivity contribution in [3.05, 3.63) is 25.3 Å². The lowest BCUT2D eigenvalue weighted by atomic mass is 9.66. The highest BCUT2D eigenvalue weighted by molar-refractivity contribution is 8.02. The molecule has 3 rings (SSSR count). The third-order valence-corrected chi connectivity index (χ3v) is 10.3. The summed E-state index contributed by atoms with van der Waals surface area (Å²) in [6.07, 6.45) is 8.08. The van der Waals surface area contributed by atoms with Crippen LogP contribution in [0.5, 0.6) is 0 Å². The number of fused-ring (bicyclic) bond motifs is 1. The standard InChI is InChI=1S/C28H45N3O4S/c1-7-12-20(5)30(17-10-4)26(35)23-28-14-13-27(6,36-28)21(24(33)29(15-8-2)16-9-3)22(28)25(34)31(23)18-11-19-32/h8,10,20-23,32H,2,4,7,9,11-19H2,1,3,5-6H3/t20?,21-,22-,23?,27+,28?/m0/s1. The molecule has 202 valence electrons. The van der Waals surface area contributed by atoms with Crippen molar-refractivity contribution in [1.82, 2.24) is 14.7 Å². The Morgan fingerprint density at radius 3 is 2.47 bits per heavy atom. The number of nitrogens with zero attached hydrogens (tertiary/aromatic N) is 3. The lowest BCUT2D eigenvalue weighted by Crippen LogP contribution is -2.56. The zero-order chi connectivity index (χ0) is 26.7. The van der Waals surface area contributed by atoms with Crippen LogP contribution in [0.3, 0.4) is 0 Å². The average molecular weight is 520 g/mol. The van der Waals surface area contributed by atoms with Gasteiger partial charge in [-0.05, 0) is 46.0 Å². The fourth-order valence-electron chi connectivity index (χ4n) is 6.83. The van der Waals surface area contributed by atoms with Crippen molar-refractivity contribution in [2.24, 2.45) is 11.8 Å². The van der Waals surface area contributed by atoms with E-state index in [0.717, 1.165) is 32.1 Å². The quantitative estimate of drug-likeness (QED) is 0.356. The highest BCUT2D eigenvalue weighted by atomic mass is 32.2. The van der Waals surface area contributed by atoms with Crippen LogP contribution in [0, 0.1) is 11.8 Å². The molecule has 2 bridgehead atoms. The number of aliphatic hydroxyl groups is 1. The Morgan fingerprint density at radius 1 is 1.19 bits per heavy atom. The molecule has 0 aromatic heterocycles. The van der Waals surface area contributed by atoms with Crippen LogP contribution in [0.4, 0.5) is 0 Å². The molecule has 3 aliphatic heterocycles. The SMILES string of the molecule is C=CCN(CCC)C(=O)[C@@H]1[C@H]2C(=O)N(CCCO)C(C(=O)N(CC=C)C(C)CCC)C23CC[C@@]1(C)S3. The Hall–Kier alpha value is -1.80. The van der Waals surface area contributed by atoms with Gasteiger partial charge in [0.15, 0.2) is 0 Å². The molecule has 0 radical (unpaired) electrons. The zero-order valence-electron chi connectivity index (χ0n) is 22.6. The molecule has 3 heterocycles. The summed E-state index contributed by atoms with van der Waals surface area (Å²) < 4.78 is -1.01. The molecule has 6 atom stereocenters. The number of aliphatic hydroxyl groups excluding tert-OH is 1. The number of amides is 3. The maximum atomic E-state index is 14.3. The lowest BCUT2D eigenvalue weighted by molar-refractivity contribution is -0.146. The summed E-state index contributed by atoms with van der Waals surface area (Å²) in [5.41, 5.74) is 0. The normalized spacial score (nSPS) is 31.3. The van der Waals surface area contributed by atoms with Crippen molar-refractivity contribution in [3.63, 3.8) is 0 Å². The molecule has 3 saturated heterocycles. The highest BCUT2D eigenvalue weighted by Crippen LogP contribution is 2.71. The van der Waals surface area contributed by atoms with E-state index >= 15 is 0 Å². The molecule has 36 heavy (non-hydrogen) atoms. The minimum absolute atomic E-state index is 0.00387. The second-order valence-corrected chi connectivity index (χ2v) is 12.7. The molecule has 0 aromatic rings. The second kappa shape index (κ2) is 11.7. The summed E-state index contributed by atoms with van der Waals surface area (Å²) >= 11 is 1.71. The van der Waals surface area contributed by atoms with E-state index in [0.29, 0.717) is 32.6 Å². The summed E-state index contributed by atoms with van der Waals surface area (Å²) in [5.74, 6) is -1.15. The third-order valence-electron chi connectivity index (χ3n) is 8.34. The summed E-state index contributed by atoms with van der Waals surface area (Å²) in [4.78, 5) is 47.8. The fourth-order valence-corrected chi connectivity index (χ4v) is 9.18. The summed E-state index contributed by atoms with van der Waals surface area (Å²) in [6.45, 7) is 17.8. The molecule has 1 N–H and O–H groups in total.